The van der Waals surface area contributed by atoms with Gasteiger partial charge in [0.2, 0.25) is 5.91 Å². The monoisotopic (exact) mass is 220 g/mol. The van der Waals surface area contributed by atoms with Gasteiger partial charge < -0.3 is 11.1 Å². The molecule has 0 aromatic heterocycles. The predicted molar refractivity (Wildman–Crippen MR) is 66.3 cm³/mol. The first kappa shape index (κ1) is 12.7. The average Bonchev–Trinajstić information content (AvgIpc) is 2.25. The van der Waals surface area contributed by atoms with Crippen molar-refractivity contribution in [1.29, 1.82) is 0 Å². The van der Waals surface area contributed by atoms with Gasteiger partial charge >= 0.3 is 0 Å². The van der Waals surface area contributed by atoms with E-state index in [1.807, 2.05) is 6.07 Å². The topological polar surface area (TPSA) is 55.1 Å². The summed E-state index contributed by atoms with van der Waals surface area (Å²) in [4.78, 5) is 11.4. The molecule has 0 radical (unpaired) electrons. The number of hydrogen-bond acceptors (Lipinski definition) is 2. The van der Waals surface area contributed by atoms with Crippen LogP contribution in [0.4, 0.5) is 0 Å². The summed E-state index contributed by atoms with van der Waals surface area (Å²) in [5, 5.41) is 2.78. The smallest absolute Gasteiger partial charge is 0.220 e. The Bertz CT molecular complexity index is 341. The highest BCUT2D eigenvalue weighted by molar-refractivity contribution is 5.76. The SMILES string of the molecule is Cc1cccc(C)c1CCC(=O)NCCN. The van der Waals surface area contributed by atoms with Crippen LogP contribution in [0.2, 0.25) is 0 Å². The number of aryl methyl sites for hydroxylation is 2. The highest BCUT2D eigenvalue weighted by atomic mass is 16.1. The second kappa shape index (κ2) is 6.28. The predicted octanol–water partition coefficient (Wildman–Crippen LogP) is 1.31. The molecular formula is C13H20N2O. The molecule has 16 heavy (non-hydrogen) atoms. The summed E-state index contributed by atoms with van der Waals surface area (Å²) in [5.74, 6) is 0.0769. The largest absolute Gasteiger partial charge is 0.355 e. The zero-order valence-corrected chi connectivity index (χ0v) is 10.0. The summed E-state index contributed by atoms with van der Waals surface area (Å²) in [6.45, 7) is 5.22. The fourth-order valence-electron chi connectivity index (χ4n) is 1.78. The van der Waals surface area contributed by atoms with Gasteiger partial charge in [-0.15, -0.1) is 0 Å². The number of nitrogens with one attached hydrogen (secondary N) is 1. The van der Waals surface area contributed by atoms with Gasteiger partial charge in [0.25, 0.3) is 0 Å². The lowest BCUT2D eigenvalue weighted by atomic mass is 9.98. The molecule has 0 aliphatic heterocycles. The van der Waals surface area contributed by atoms with E-state index in [1.165, 1.54) is 16.7 Å². The summed E-state index contributed by atoms with van der Waals surface area (Å²) in [7, 11) is 0. The molecule has 0 saturated heterocycles. The number of amides is 1. The van der Waals surface area contributed by atoms with E-state index in [-0.39, 0.29) is 5.91 Å². The highest BCUT2D eigenvalue weighted by Gasteiger charge is 2.05. The minimum atomic E-state index is 0.0769. The molecule has 1 aromatic carbocycles. The van der Waals surface area contributed by atoms with Crippen LogP contribution in [0, 0.1) is 13.8 Å². The van der Waals surface area contributed by atoms with Crippen molar-refractivity contribution in [3.05, 3.63) is 34.9 Å². The van der Waals surface area contributed by atoms with Crippen LogP contribution >= 0.6 is 0 Å². The molecule has 3 nitrogen and oxygen atoms in total. The van der Waals surface area contributed by atoms with Crippen LogP contribution in [-0.2, 0) is 11.2 Å². The Kier molecular flexibility index (Phi) is 4.99. The first-order chi connectivity index (χ1) is 7.65. The van der Waals surface area contributed by atoms with Gasteiger partial charge in [-0.05, 0) is 37.0 Å². The molecule has 0 spiro atoms. The number of nitrogens with two attached hydrogens (primary N) is 1. The van der Waals surface area contributed by atoms with Gasteiger partial charge in [-0.1, -0.05) is 18.2 Å². The zero-order chi connectivity index (χ0) is 12.0. The maximum Gasteiger partial charge on any atom is 0.220 e. The van der Waals surface area contributed by atoms with Crippen molar-refractivity contribution in [2.24, 2.45) is 5.73 Å². The van der Waals surface area contributed by atoms with E-state index >= 15 is 0 Å². The molecule has 0 saturated carbocycles. The van der Waals surface area contributed by atoms with Crippen molar-refractivity contribution in [3.8, 4) is 0 Å². The van der Waals surface area contributed by atoms with Crippen LogP contribution in [-0.4, -0.2) is 19.0 Å². The van der Waals surface area contributed by atoms with Crippen molar-refractivity contribution in [1.82, 2.24) is 5.32 Å². The van der Waals surface area contributed by atoms with Crippen LogP contribution < -0.4 is 11.1 Å². The third-order valence-electron chi connectivity index (χ3n) is 2.71. The van der Waals surface area contributed by atoms with Crippen LogP contribution in [0.5, 0.6) is 0 Å². The Balaban J connectivity index is 2.51. The number of carbonyl (C=O) groups excluding carboxylic acids is 1. The third kappa shape index (κ3) is 3.66. The van der Waals surface area contributed by atoms with Crippen LogP contribution in [0.25, 0.3) is 0 Å². The molecule has 0 aliphatic carbocycles. The van der Waals surface area contributed by atoms with E-state index in [0.717, 1.165) is 6.42 Å². The van der Waals surface area contributed by atoms with Crippen molar-refractivity contribution in [2.45, 2.75) is 26.7 Å². The van der Waals surface area contributed by atoms with Crippen LogP contribution in [0.1, 0.15) is 23.1 Å². The molecule has 0 unspecified atom stereocenters. The first-order valence-corrected chi connectivity index (χ1v) is 5.67. The Hall–Kier alpha value is -1.35. The highest BCUT2D eigenvalue weighted by Crippen LogP contribution is 2.14. The van der Waals surface area contributed by atoms with Gasteiger partial charge in [-0.25, -0.2) is 0 Å². The summed E-state index contributed by atoms with van der Waals surface area (Å²) >= 11 is 0. The molecule has 1 rings (SSSR count). The molecule has 3 heteroatoms. The molecule has 3 N–H and O–H groups in total. The minimum absolute atomic E-state index is 0.0769. The van der Waals surface area contributed by atoms with Crippen molar-refractivity contribution >= 4 is 5.91 Å². The Labute approximate surface area is 97.0 Å². The van der Waals surface area contributed by atoms with Gasteiger partial charge in [0, 0.05) is 19.5 Å². The van der Waals surface area contributed by atoms with E-state index in [2.05, 4.69) is 31.3 Å². The number of hydrogen-bond donors (Lipinski definition) is 2. The summed E-state index contributed by atoms with van der Waals surface area (Å²) < 4.78 is 0. The lowest BCUT2D eigenvalue weighted by molar-refractivity contribution is -0.120. The molecular weight excluding hydrogens is 200 g/mol. The van der Waals surface area contributed by atoms with Crippen molar-refractivity contribution < 1.29 is 4.79 Å². The second-order valence-corrected chi connectivity index (χ2v) is 4.01. The molecule has 1 aromatic rings. The summed E-state index contributed by atoms with van der Waals surface area (Å²) in [6.07, 6.45) is 1.33. The molecule has 0 heterocycles. The lowest BCUT2D eigenvalue weighted by Gasteiger charge is -2.09. The van der Waals surface area contributed by atoms with E-state index in [0.29, 0.717) is 19.5 Å². The standard InChI is InChI=1S/C13H20N2O/c1-10-4-3-5-11(2)12(10)6-7-13(16)15-9-8-14/h3-5H,6-9,14H2,1-2H3,(H,15,16). The average molecular weight is 220 g/mol. The van der Waals surface area contributed by atoms with E-state index in [4.69, 9.17) is 5.73 Å². The minimum Gasteiger partial charge on any atom is -0.355 e. The number of rotatable bonds is 5. The zero-order valence-electron chi connectivity index (χ0n) is 10.0. The van der Waals surface area contributed by atoms with Crippen molar-refractivity contribution in [3.63, 3.8) is 0 Å². The maximum atomic E-state index is 11.4. The Morgan fingerprint density at radius 3 is 2.50 bits per heavy atom. The molecule has 88 valence electrons. The number of benzene rings is 1. The number of carbonyl (C=O) groups is 1. The van der Waals surface area contributed by atoms with E-state index in [1.54, 1.807) is 0 Å². The van der Waals surface area contributed by atoms with Gasteiger partial charge in [-0.3, -0.25) is 4.79 Å². The fourth-order valence-corrected chi connectivity index (χ4v) is 1.78. The van der Waals surface area contributed by atoms with Crippen LogP contribution in [0.3, 0.4) is 0 Å². The van der Waals surface area contributed by atoms with Crippen molar-refractivity contribution in [2.75, 3.05) is 13.1 Å². The van der Waals surface area contributed by atoms with Crippen LogP contribution in [0.15, 0.2) is 18.2 Å². The van der Waals surface area contributed by atoms with Gasteiger partial charge in [0.15, 0.2) is 0 Å². The molecule has 0 bridgehead atoms. The molecule has 1 amide bonds. The van der Waals surface area contributed by atoms with Gasteiger partial charge in [-0.2, -0.15) is 0 Å². The molecule has 0 fully saturated rings. The second-order valence-electron chi connectivity index (χ2n) is 4.01. The molecule has 0 aliphatic rings. The third-order valence-corrected chi connectivity index (χ3v) is 2.71. The van der Waals surface area contributed by atoms with E-state index in [9.17, 15) is 4.79 Å². The Morgan fingerprint density at radius 2 is 1.94 bits per heavy atom. The Morgan fingerprint density at radius 1 is 1.31 bits per heavy atom. The van der Waals surface area contributed by atoms with Gasteiger partial charge in [0.1, 0.15) is 0 Å². The lowest BCUT2D eigenvalue weighted by Crippen LogP contribution is -2.29. The summed E-state index contributed by atoms with van der Waals surface area (Å²) in [5.41, 5.74) is 9.11. The fraction of sp³-hybridized carbons (Fsp3) is 0.462. The molecule has 0 atom stereocenters. The summed E-state index contributed by atoms with van der Waals surface area (Å²) in [6, 6.07) is 6.21. The first-order valence-electron chi connectivity index (χ1n) is 5.67. The van der Waals surface area contributed by atoms with Gasteiger partial charge in [0.05, 0.1) is 0 Å². The quantitative estimate of drug-likeness (QED) is 0.786. The van der Waals surface area contributed by atoms with E-state index < -0.39 is 0 Å². The normalized spacial score (nSPS) is 10.2. The maximum absolute atomic E-state index is 11.4.